The lowest BCUT2D eigenvalue weighted by atomic mass is 10.1. The molecule has 0 aliphatic heterocycles. The molecule has 13 heavy (non-hydrogen) atoms. The molecule has 1 aromatic rings. The maximum atomic E-state index is 5.44. The molecule has 74 valence electrons. The Hall–Kier alpha value is -0.580. The van der Waals surface area contributed by atoms with E-state index in [9.17, 15) is 0 Å². The molecular formula is C8H15BrN4. The third-order valence-electron chi connectivity index (χ3n) is 1.79. The van der Waals surface area contributed by atoms with Crippen LogP contribution in [0, 0.1) is 5.92 Å². The molecule has 0 atom stereocenters. The minimum absolute atomic E-state index is 0.330. The third-order valence-corrected chi connectivity index (χ3v) is 2.38. The highest BCUT2D eigenvalue weighted by atomic mass is 79.9. The molecule has 0 aromatic carbocycles. The van der Waals surface area contributed by atoms with Gasteiger partial charge in [-0.3, -0.25) is 0 Å². The number of rotatable bonds is 4. The molecule has 0 amide bonds. The number of hydrogen-bond acceptors (Lipinski definition) is 3. The summed E-state index contributed by atoms with van der Waals surface area (Å²) in [7, 11) is 0. The predicted molar refractivity (Wildman–Crippen MR) is 56.2 cm³/mol. The summed E-state index contributed by atoms with van der Waals surface area (Å²) < 4.78 is 2.51. The van der Waals surface area contributed by atoms with E-state index in [1.165, 1.54) is 6.42 Å². The molecule has 0 fully saturated rings. The number of hydrogen-bond donors (Lipinski definition) is 1. The van der Waals surface area contributed by atoms with Gasteiger partial charge in [0.05, 0.1) is 0 Å². The maximum absolute atomic E-state index is 5.44. The first-order valence-electron chi connectivity index (χ1n) is 4.45. The van der Waals surface area contributed by atoms with Crippen LogP contribution in [0.1, 0.15) is 26.7 Å². The molecule has 0 saturated carbocycles. The van der Waals surface area contributed by atoms with Crippen molar-refractivity contribution < 1.29 is 0 Å². The first-order valence-corrected chi connectivity index (χ1v) is 5.24. The van der Waals surface area contributed by atoms with Crippen molar-refractivity contribution in [2.75, 3.05) is 5.73 Å². The van der Waals surface area contributed by atoms with Gasteiger partial charge in [-0.2, -0.15) is 4.98 Å². The molecule has 0 radical (unpaired) electrons. The lowest BCUT2D eigenvalue weighted by Gasteiger charge is -2.04. The number of nitrogens with zero attached hydrogens (tertiary/aromatic N) is 3. The second-order valence-electron chi connectivity index (χ2n) is 3.50. The number of aromatic nitrogens is 3. The molecule has 1 rings (SSSR count). The number of nitrogen functional groups attached to an aromatic ring is 1. The summed E-state index contributed by atoms with van der Waals surface area (Å²) in [5, 5.41) is 4.04. The van der Waals surface area contributed by atoms with E-state index < -0.39 is 0 Å². The van der Waals surface area contributed by atoms with Gasteiger partial charge in [-0.25, -0.2) is 4.68 Å². The summed E-state index contributed by atoms with van der Waals surface area (Å²) in [6.07, 6.45) is 2.31. The minimum Gasteiger partial charge on any atom is -0.366 e. The molecule has 0 aliphatic rings. The zero-order valence-corrected chi connectivity index (χ0v) is 9.58. The fraction of sp³-hybridized carbons (Fsp3) is 0.750. The van der Waals surface area contributed by atoms with Gasteiger partial charge in [-0.1, -0.05) is 13.8 Å². The topological polar surface area (TPSA) is 56.7 Å². The normalized spacial score (nSPS) is 11.1. The Balaban J connectivity index is 2.40. The second kappa shape index (κ2) is 4.60. The molecule has 1 aromatic heterocycles. The number of nitrogens with two attached hydrogens (primary N) is 1. The van der Waals surface area contributed by atoms with Gasteiger partial charge in [-0.05, 0) is 34.7 Å². The lowest BCUT2D eigenvalue weighted by Crippen LogP contribution is -2.02. The van der Waals surface area contributed by atoms with Crippen LogP contribution in [0.4, 0.5) is 5.95 Å². The smallest absolute Gasteiger partial charge is 0.240 e. The third kappa shape index (κ3) is 3.34. The van der Waals surface area contributed by atoms with Crippen molar-refractivity contribution in [3.8, 4) is 0 Å². The van der Waals surface area contributed by atoms with E-state index in [-0.39, 0.29) is 0 Å². The zero-order chi connectivity index (χ0) is 9.84. The lowest BCUT2D eigenvalue weighted by molar-refractivity contribution is 0.485. The predicted octanol–water partition coefficient (Wildman–Crippen LogP) is 2.06. The largest absolute Gasteiger partial charge is 0.366 e. The van der Waals surface area contributed by atoms with Gasteiger partial charge in [0.2, 0.25) is 5.95 Å². The Kier molecular flexibility index (Phi) is 3.71. The van der Waals surface area contributed by atoms with E-state index in [1.807, 2.05) is 0 Å². The first-order chi connectivity index (χ1) is 6.09. The van der Waals surface area contributed by atoms with E-state index >= 15 is 0 Å². The molecule has 5 heteroatoms. The van der Waals surface area contributed by atoms with Crippen LogP contribution in [0.25, 0.3) is 0 Å². The van der Waals surface area contributed by atoms with Crippen molar-refractivity contribution >= 4 is 21.9 Å². The van der Waals surface area contributed by atoms with Gasteiger partial charge in [0.15, 0.2) is 4.73 Å². The number of aryl methyl sites for hydroxylation is 1. The van der Waals surface area contributed by atoms with Crippen molar-refractivity contribution in [3.05, 3.63) is 4.73 Å². The Morgan fingerprint density at radius 1 is 1.54 bits per heavy atom. The van der Waals surface area contributed by atoms with E-state index in [0.717, 1.165) is 18.9 Å². The van der Waals surface area contributed by atoms with E-state index in [1.54, 1.807) is 4.68 Å². The summed E-state index contributed by atoms with van der Waals surface area (Å²) in [6.45, 7) is 5.30. The van der Waals surface area contributed by atoms with Crippen LogP contribution >= 0.6 is 15.9 Å². The summed E-state index contributed by atoms with van der Waals surface area (Å²) in [5.41, 5.74) is 5.44. The van der Waals surface area contributed by atoms with Gasteiger partial charge >= 0.3 is 0 Å². The molecule has 0 unspecified atom stereocenters. The van der Waals surface area contributed by atoms with Gasteiger partial charge in [-0.15, -0.1) is 5.10 Å². The fourth-order valence-corrected chi connectivity index (χ4v) is 1.57. The molecule has 0 spiro atoms. The van der Waals surface area contributed by atoms with Crippen LogP contribution in [0.15, 0.2) is 4.73 Å². The Labute approximate surface area is 86.7 Å². The number of anilines is 1. The Morgan fingerprint density at radius 2 is 2.23 bits per heavy atom. The fourth-order valence-electron chi connectivity index (χ4n) is 1.13. The van der Waals surface area contributed by atoms with Gasteiger partial charge in [0.25, 0.3) is 0 Å². The van der Waals surface area contributed by atoms with Crippen molar-refractivity contribution in [3.63, 3.8) is 0 Å². The summed E-state index contributed by atoms with van der Waals surface area (Å²) in [5.74, 6) is 1.07. The molecule has 0 saturated heterocycles. The molecule has 2 N–H and O–H groups in total. The highest BCUT2D eigenvalue weighted by Crippen LogP contribution is 2.11. The van der Waals surface area contributed by atoms with E-state index in [2.05, 4.69) is 39.9 Å². The monoisotopic (exact) mass is 246 g/mol. The van der Waals surface area contributed by atoms with Crippen molar-refractivity contribution in [2.45, 2.75) is 33.2 Å². The van der Waals surface area contributed by atoms with Gasteiger partial charge in [0, 0.05) is 6.54 Å². The van der Waals surface area contributed by atoms with Crippen LogP contribution in [-0.4, -0.2) is 14.8 Å². The Bertz CT molecular complexity index is 269. The minimum atomic E-state index is 0.330. The quantitative estimate of drug-likeness (QED) is 0.885. The van der Waals surface area contributed by atoms with Crippen LogP contribution in [-0.2, 0) is 6.54 Å². The maximum Gasteiger partial charge on any atom is 0.240 e. The van der Waals surface area contributed by atoms with Crippen LogP contribution in [0.2, 0.25) is 0 Å². The summed E-state index contributed by atoms with van der Waals surface area (Å²) >= 11 is 3.29. The molecule has 1 heterocycles. The standard InChI is InChI=1S/C8H15BrN4/c1-6(2)4-3-5-13-7(9)11-8(10)12-13/h6H,3-5H2,1-2H3,(H2,10,12). The van der Waals surface area contributed by atoms with Crippen molar-refractivity contribution in [2.24, 2.45) is 5.92 Å². The SMILES string of the molecule is CC(C)CCCn1nc(N)nc1Br. The molecule has 0 bridgehead atoms. The van der Waals surface area contributed by atoms with Gasteiger partial charge < -0.3 is 5.73 Å². The highest BCUT2D eigenvalue weighted by Gasteiger charge is 2.03. The molecule has 4 nitrogen and oxygen atoms in total. The molecular weight excluding hydrogens is 232 g/mol. The van der Waals surface area contributed by atoms with Crippen molar-refractivity contribution in [1.82, 2.24) is 14.8 Å². The zero-order valence-electron chi connectivity index (χ0n) is 8.00. The summed E-state index contributed by atoms with van der Waals surface area (Å²) in [6, 6.07) is 0. The van der Waals surface area contributed by atoms with Gasteiger partial charge in [0.1, 0.15) is 0 Å². The average Bonchev–Trinajstić information content (AvgIpc) is 2.29. The van der Waals surface area contributed by atoms with E-state index in [4.69, 9.17) is 5.73 Å². The summed E-state index contributed by atoms with van der Waals surface area (Å²) in [4.78, 5) is 3.96. The number of halogens is 1. The highest BCUT2D eigenvalue weighted by molar-refractivity contribution is 9.10. The van der Waals surface area contributed by atoms with Crippen LogP contribution in [0.5, 0.6) is 0 Å². The van der Waals surface area contributed by atoms with Crippen molar-refractivity contribution in [1.29, 1.82) is 0 Å². The first kappa shape index (κ1) is 10.5. The Morgan fingerprint density at radius 3 is 2.69 bits per heavy atom. The van der Waals surface area contributed by atoms with E-state index in [0.29, 0.717) is 10.7 Å². The molecule has 0 aliphatic carbocycles. The second-order valence-corrected chi connectivity index (χ2v) is 4.21. The average molecular weight is 247 g/mol. The van der Waals surface area contributed by atoms with Crippen LogP contribution < -0.4 is 5.73 Å². The van der Waals surface area contributed by atoms with Crippen LogP contribution in [0.3, 0.4) is 0 Å².